The first-order chi connectivity index (χ1) is 20.6. The lowest BCUT2D eigenvalue weighted by atomic mass is 9.71. The first kappa shape index (κ1) is 33.6. The van der Waals surface area contributed by atoms with Crippen molar-refractivity contribution in [2.24, 2.45) is 17.8 Å². The summed E-state index contributed by atoms with van der Waals surface area (Å²) in [4.78, 5) is 64.4. The molecule has 0 aromatic rings. The van der Waals surface area contributed by atoms with E-state index in [0.29, 0.717) is 31.9 Å². The smallest absolute Gasteiger partial charge is 0.461 e. The molecule has 3 N–H and O–H groups in total. The van der Waals surface area contributed by atoms with E-state index in [1.807, 2.05) is 0 Å². The lowest BCUT2D eigenvalue weighted by molar-refractivity contribution is -0.196. The Bertz CT molecular complexity index is 1180. The molecular formula is C28H36F6N4O6. The molecule has 44 heavy (non-hydrogen) atoms. The van der Waals surface area contributed by atoms with Gasteiger partial charge in [-0.05, 0) is 51.0 Å². The molecule has 4 amide bonds. The van der Waals surface area contributed by atoms with Gasteiger partial charge in [-0.25, -0.2) is 13.6 Å². The molecule has 0 aromatic heterocycles. The van der Waals surface area contributed by atoms with Crippen LogP contribution in [0.15, 0.2) is 11.9 Å². The maximum atomic E-state index is 15.2. The minimum Gasteiger partial charge on any atom is -0.461 e. The number of alkyl halides is 5. The number of nitrogens with one attached hydrogen (secondary N) is 3. The summed E-state index contributed by atoms with van der Waals surface area (Å²) in [6.45, 7) is 1.58. The molecule has 5 rings (SSSR count). The highest BCUT2D eigenvalue weighted by molar-refractivity contribution is 5.94. The molecular weight excluding hydrogens is 602 g/mol. The van der Waals surface area contributed by atoms with Crippen molar-refractivity contribution in [1.82, 2.24) is 20.9 Å². The van der Waals surface area contributed by atoms with Crippen LogP contribution in [0.1, 0.15) is 64.7 Å². The van der Waals surface area contributed by atoms with Crippen LogP contribution < -0.4 is 16.0 Å². The van der Waals surface area contributed by atoms with Gasteiger partial charge < -0.3 is 25.6 Å². The molecule has 10 nitrogen and oxygen atoms in total. The summed E-state index contributed by atoms with van der Waals surface area (Å²) in [5.74, 6) is -13.7. The van der Waals surface area contributed by atoms with Gasteiger partial charge in [-0.1, -0.05) is 19.3 Å². The predicted octanol–water partition coefficient (Wildman–Crippen LogP) is 2.67. The fourth-order valence-electron chi connectivity index (χ4n) is 6.59. The van der Waals surface area contributed by atoms with Crippen molar-refractivity contribution in [2.45, 2.75) is 101 Å². The number of rotatable bonds is 11. The van der Waals surface area contributed by atoms with Crippen molar-refractivity contribution in [3.63, 3.8) is 0 Å². The monoisotopic (exact) mass is 638 g/mol. The number of nitrogens with zero attached hydrogens (tertiary/aromatic N) is 1. The highest BCUT2D eigenvalue weighted by atomic mass is 19.4. The van der Waals surface area contributed by atoms with Gasteiger partial charge in [0.2, 0.25) is 23.5 Å². The molecule has 2 aliphatic carbocycles. The van der Waals surface area contributed by atoms with Gasteiger partial charge in [-0.15, -0.1) is 0 Å². The van der Waals surface area contributed by atoms with Gasteiger partial charge in [0.05, 0.1) is 18.6 Å². The van der Waals surface area contributed by atoms with Gasteiger partial charge in [-0.3, -0.25) is 19.2 Å². The summed E-state index contributed by atoms with van der Waals surface area (Å²) < 4.78 is 89.1. The van der Waals surface area contributed by atoms with Gasteiger partial charge in [-0.2, -0.15) is 17.6 Å². The Morgan fingerprint density at radius 2 is 1.80 bits per heavy atom. The number of carbonyl (C=O) groups excluding carboxylic acids is 5. The van der Waals surface area contributed by atoms with E-state index in [4.69, 9.17) is 0 Å². The Morgan fingerprint density at radius 3 is 2.34 bits per heavy atom. The number of fused-ring (bicyclic) bond motifs is 3. The average Bonchev–Trinajstić information content (AvgIpc) is 3.31. The Labute approximate surface area is 249 Å². The van der Waals surface area contributed by atoms with Crippen LogP contribution in [-0.4, -0.2) is 83.9 Å². The van der Waals surface area contributed by atoms with Crippen LogP contribution in [0.4, 0.5) is 26.3 Å². The van der Waals surface area contributed by atoms with Gasteiger partial charge in [0.1, 0.15) is 12.1 Å². The second kappa shape index (κ2) is 13.3. The Kier molecular flexibility index (Phi) is 10.2. The van der Waals surface area contributed by atoms with Crippen molar-refractivity contribution < 1.29 is 55.1 Å². The molecule has 2 saturated carbocycles. The average molecular weight is 639 g/mol. The van der Waals surface area contributed by atoms with E-state index in [9.17, 15) is 41.5 Å². The maximum Gasteiger partial charge on any atom is 0.471 e. The second-order valence-corrected chi connectivity index (χ2v) is 11.9. The SMILES string of the molecule is CCOC(=O)/C(F)=C\[C@H](C[C@H]1CCNC1=O)NC(=O)[C@@H]1[C@@H]2CC[C@@H](CC2(F)F)N1C(=O)[C@H](CC1CCC1)NC(=O)C(F)(F)F. The molecule has 6 atom stereocenters. The molecule has 246 valence electrons. The van der Waals surface area contributed by atoms with Crippen LogP contribution in [0.3, 0.4) is 0 Å². The summed E-state index contributed by atoms with van der Waals surface area (Å²) >= 11 is 0. The van der Waals surface area contributed by atoms with Crippen molar-refractivity contribution in [1.29, 1.82) is 0 Å². The van der Waals surface area contributed by atoms with Gasteiger partial charge in [0, 0.05) is 24.9 Å². The fraction of sp³-hybridized carbons (Fsp3) is 0.750. The number of carbonyl (C=O) groups is 5. The zero-order chi connectivity index (χ0) is 32.4. The second-order valence-electron chi connectivity index (χ2n) is 11.9. The quantitative estimate of drug-likeness (QED) is 0.181. The molecule has 3 aliphatic heterocycles. The minimum atomic E-state index is -5.31. The van der Waals surface area contributed by atoms with E-state index in [0.717, 1.165) is 11.3 Å². The van der Waals surface area contributed by atoms with E-state index in [1.54, 1.807) is 5.32 Å². The lowest BCUT2D eigenvalue weighted by Crippen LogP contribution is -2.71. The predicted molar refractivity (Wildman–Crippen MR) is 140 cm³/mol. The van der Waals surface area contributed by atoms with Gasteiger partial charge >= 0.3 is 18.1 Å². The van der Waals surface area contributed by atoms with Crippen molar-refractivity contribution >= 4 is 29.6 Å². The topological polar surface area (TPSA) is 134 Å². The molecule has 0 unspecified atom stereocenters. The number of hydrogen-bond acceptors (Lipinski definition) is 6. The van der Waals surface area contributed by atoms with Gasteiger partial charge in [0.15, 0.2) is 0 Å². The Morgan fingerprint density at radius 1 is 1.09 bits per heavy atom. The first-order valence-corrected chi connectivity index (χ1v) is 14.8. The third kappa shape index (κ3) is 7.48. The maximum absolute atomic E-state index is 15.2. The van der Waals surface area contributed by atoms with E-state index < -0.39 is 89.9 Å². The molecule has 0 radical (unpaired) electrons. The van der Waals surface area contributed by atoms with Crippen LogP contribution in [0.5, 0.6) is 0 Å². The van der Waals surface area contributed by atoms with Crippen LogP contribution >= 0.6 is 0 Å². The Balaban J connectivity index is 1.64. The zero-order valence-electron chi connectivity index (χ0n) is 24.1. The van der Waals surface area contributed by atoms with Crippen LogP contribution in [0, 0.1) is 17.8 Å². The summed E-state index contributed by atoms with van der Waals surface area (Å²) in [5, 5.41) is 6.69. The number of halogens is 6. The number of ether oxygens (including phenoxy) is 1. The molecule has 5 fully saturated rings. The lowest BCUT2D eigenvalue weighted by Gasteiger charge is -2.54. The van der Waals surface area contributed by atoms with Crippen LogP contribution in [0.25, 0.3) is 0 Å². The number of amides is 4. The Hall–Kier alpha value is -3.33. The van der Waals surface area contributed by atoms with Crippen LogP contribution in [0.2, 0.25) is 0 Å². The van der Waals surface area contributed by atoms with E-state index in [1.165, 1.54) is 6.92 Å². The third-order valence-corrected chi connectivity index (χ3v) is 8.96. The molecule has 0 spiro atoms. The van der Waals surface area contributed by atoms with E-state index in [2.05, 4.69) is 15.4 Å². The first-order valence-electron chi connectivity index (χ1n) is 14.8. The normalized spacial score (nSPS) is 28.0. The summed E-state index contributed by atoms with van der Waals surface area (Å²) in [6, 6.07) is -6.15. The molecule has 2 bridgehead atoms. The molecule has 3 saturated heterocycles. The highest BCUT2D eigenvalue weighted by Crippen LogP contribution is 2.49. The number of esters is 1. The van der Waals surface area contributed by atoms with Crippen molar-refractivity contribution in [3.05, 3.63) is 11.9 Å². The minimum absolute atomic E-state index is 0.0577. The highest BCUT2D eigenvalue weighted by Gasteiger charge is 2.61. The number of piperidine rings is 2. The summed E-state index contributed by atoms with van der Waals surface area (Å²) in [5.41, 5.74) is 0. The van der Waals surface area contributed by atoms with Gasteiger partial charge in [0.25, 0.3) is 5.92 Å². The summed E-state index contributed by atoms with van der Waals surface area (Å²) in [6.07, 6.45) is -3.60. The standard InChI is InChI=1S/C28H36F6N4O6/c1-2-44-25(42)19(29)12-16(11-15-8-9-35-22(15)39)36-23(40)21-18-7-6-17(13-27(18,30)31)38(21)24(41)20(10-14-4-3-5-14)37-26(43)28(32,33)34/h12,14-18,20-21H,2-11,13H2,1H3,(H,35,39)(H,36,40)(H,37,43)/b19-12+/t15-,16+,17+,18+,20+,21+/m1/s1. The molecule has 5 aliphatic rings. The van der Waals surface area contributed by atoms with Crippen molar-refractivity contribution in [2.75, 3.05) is 13.2 Å². The third-order valence-electron chi connectivity index (χ3n) is 8.96. The van der Waals surface area contributed by atoms with E-state index >= 15 is 8.78 Å². The van der Waals surface area contributed by atoms with Crippen molar-refractivity contribution in [3.8, 4) is 0 Å². The zero-order valence-corrected chi connectivity index (χ0v) is 24.1. The molecule has 0 aromatic carbocycles. The largest absolute Gasteiger partial charge is 0.471 e. The molecule has 3 heterocycles. The fourth-order valence-corrected chi connectivity index (χ4v) is 6.59. The molecule has 16 heteroatoms. The summed E-state index contributed by atoms with van der Waals surface area (Å²) in [7, 11) is 0. The van der Waals surface area contributed by atoms with Crippen LogP contribution in [-0.2, 0) is 28.7 Å². The number of hydrogen-bond donors (Lipinski definition) is 3. The van der Waals surface area contributed by atoms with E-state index in [-0.39, 0.29) is 38.2 Å².